The molecule has 0 bridgehead atoms. The zero-order valence-corrected chi connectivity index (χ0v) is 26.5. The Morgan fingerprint density at radius 1 is 1.07 bits per heavy atom. The molecule has 1 saturated carbocycles. The lowest BCUT2D eigenvalue weighted by Gasteiger charge is -2.47. The smallest absolute Gasteiger partial charge is 0.307 e. The van der Waals surface area contributed by atoms with Crippen molar-refractivity contribution < 1.29 is 9.53 Å². The first-order valence-electron chi connectivity index (χ1n) is 16.2. The molecular weight excluding hydrogens is 560 g/mol. The average Bonchev–Trinajstić information content (AvgIpc) is 3.20. The number of carbonyl (C=O) groups is 1. The zero-order valence-electron chi connectivity index (χ0n) is 25.7. The first-order chi connectivity index (χ1) is 20.6. The summed E-state index contributed by atoms with van der Waals surface area (Å²) in [5.41, 5.74) is 3.96. The van der Waals surface area contributed by atoms with Crippen LogP contribution >= 0.6 is 11.6 Å². The van der Waals surface area contributed by atoms with Gasteiger partial charge in [0.15, 0.2) is 0 Å². The molecule has 7 rings (SSSR count). The number of benzene rings is 2. The number of rotatable bonds is 5. The van der Waals surface area contributed by atoms with Crippen molar-refractivity contribution in [2.45, 2.75) is 95.1 Å². The van der Waals surface area contributed by atoms with Crippen LogP contribution in [0.2, 0.25) is 5.02 Å². The van der Waals surface area contributed by atoms with Gasteiger partial charge in [-0.05, 0) is 94.8 Å². The fraction of sp³-hybridized carbons (Fsp3) is 0.571. The number of nitrogens with zero attached hydrogens (tertiary/aromatic N) is 4. The summed E-state index contributed by atoms with van der Waals surface area (Å²) >= 11 is 6.56. The van der Waals surface area contributed by atoms with Gasteiger partial charge in [0.2, 0.25) is 0 Å². The Morgan fingerprint density at radius 2 is 1.81 bits per heavy atom. The molecule has 0 amide bonds. The Morgan fingerprint density at radius 3 is 2.53 bits per heavy atom. The van der Waals surface area contributed by atoms with E-state index >= 15 is 0 Å². The van der Waals surface area contributed by atoms with Crippen LogP contribution < -0.4 is 5.56 Å². The molecule has 1 aromatic heterocycles. The van der Waals surface area contributed by atoms with E-state index in [2.05, 4.69) is 32.6 Å². The third kappa shape index (κ3) is 5.21. The average molecular weight is 603 g/mol. The minimum Gasteiger partial charge on any atom is -0.460 e. The van der Waals surface area contributed by atoms with Gasteiger partial charge in [-0.1, -0.05) is 49.1 Å². The molecule has 43 heavy (non-hydrogen) atoms. The molecule has 0 radical (unpaired) electrons. The van der Waals surface area contributed by atoms with Gasteiger partial charge in [0, 0.05) is 25.7 Å². The molecule has 8 heteroatoms. The Hall–Kier alpha value is -2.74. The second kappa shape index (κ2) is 11.0. The maximum atomic E-state index is 13.3. The predicted molar refractivity (Wildman–Crippen MR) is 170 cm³/mol. The van der Waals surface area contributed by atoms with Crippen LogP contribution in [0.1, 0.15) is 95.0 Å². The van der Waals surface area contributed by atoms with Gasteiger partial charge in [-0.15, -0.1) is 0 Å². The molecule has 4 aliphatic rings. The molecule has 1 spiro atoms. The summed E-state index contributed by atoms with van der Waals surface area (Å²) in [4.78, 5) is 35.1. The van der Waals surface area contributed by atoms with Gasteiger partial charge in [-0.3, -0.25) is 24.0 Å². The van der Waals surface area contributed by atoms with E-state index in [0.717, 1.165) is 82.6 Å². The minimum atomic E-state index is -0.421. The topological polar surface area (TPSA) is 67.7 Å². The summed E-state index contributed by atoms with van der Waals surface area (Å²) < 4.78 is 7.73. The number of esters is 1. The third-order valence-corrected chi connectivity index (χ3v) is 10.6. The molecule has 3 fully saturated rings. The standard InChI is InChI=1S/C35H43ClN4O3/c1-34(2,3)43-30(41)14-17-38-21-25(22-38)39-18-12-23(13-19-39)24-10-11-26-29(20-24)40-28-9-7-8-27(36)31(28)32(42)37-33(40)35(26)15-5-4-6-16-35/h7-11,20,23,25H,4-6,12-19,21-22H2,1-3H3. The van der Waals surface area contributed by atoms with Crippen LogP contribution in [0.25, 0.3) is 16.6 Å². The number of fused-ring (bicyclic) bond motifs is 7. The van der Waals surface area contributed by atoms with E-state index in [-0.39, 0.29) is 16.9 Å². The largest absolute Gasteiger partial charge is 0.460 e. The van der Waals surface area contributed by atoms with Crippen LogP contribution in [0.3, 0.4) is 0 Å². The van der Waals surface area contributed by atoms with Crippen molar-refractivity contribution in [2.75, 3.05) is 32.7 Å². The number of likely N-dealkylation sites (tertiary alicyclic amines) is 2. The molecule has 2 saturated heterocycles. The lowest BCUT2D eigenvalue weighted by molar-refractivity contribution is -0.155. The van der Waals surface area contributed by atoms with E-state index in [0.29, 0.717) is 28.8 Å². The van der Waals surface area contributed by atoms with Crippen molar-refractivity contribution in [3.63, 3.8) is 0 Å². The highest BCUT2D eigenvalue weighted by molar-refractivity contribution is 6.35. The summed E-state index contributed by atoms with van der Waals surface area (Å²) in [5, 5.41) is 0.991. The van der Waals surface area contributed by atoms with Gasteiger partial charge in [-0.2, -0.15) is 4.98 Å². The van der Waals surface area contributed by atoms with Crippen LogP contribution in [-0.2, 0) is 14.9 Å². The fourth-order valence-corrected chi connectivity index (χ4v) is 8.40. The van der Waals surface area contributed by atoms with Crippen LogP contribution in [-0.4, -0.2) is 69.7 Å². The van der Waals surface area contributed by atoms with E-state index in [9.17, 15) is 9.59 Å². The predicted octanol–water partition coefficient (Wildman–Crippen LogP) is 6.20. The molecule has 7 nitrogen and oxygen atoms in total. The quantitative estimate of drug-likeness (QED) is 0.324. The first kappa shape index (κ1) is 29.0. The lowest BCUT2D eigenvalue weighted by Crippen LogP contribution is -2.60. The van der Waals surface area contributed by atoms with Crippen molar-refractivity contribution >= 4 is 28.5 Å². The molecular formula is C35H43ClN4O3. The number of piperidine rings is 1. The third-order valence-electron chi connectivity index (χ3n) is 10.3. The van der Waals surface area contributed by atoms with Gasteiger partial charge < -0.3 is 4.74 Å². The molecule has 3 aliphatic heterocycles. The normalized spacial score (nSPS) is 21.1. The number of carbonyl (C=O) groups excluding carboxylic acids is 1. The van der Waals surface area contributed by atoms with E-state index in [1.807, 2.05) is 32.9 Å². The molecule has 4 heterocycles. The van der Waals surface area contributed by atoms with E-state index < -0.39 is 5.60 Å². The molecule has 0 N–H and O–H groups in total. The highest BCUT2D eigenvalue weighted by Gasteiger charge is 2.47. The monoisotopic (exact) mass is 602 g/mol. The van der Waals surface area contributed by atoms with Crippen molar-refractivity contribution in [1.82, 2.24) is 19.4 Å². The molecule has 0 atom stereocenters. The van der Waals surface area contributed by atoms with Crippen molar-refractivity contribution in [3.8, 4) is 5.69 Å². The second-order valence-corrected chi connectivity index (χ2v) is 14.6. The highest BCUT2D eigenvalue weighted by atomic mass is 35.5. The van der Waals surface area contributed by atoms with Gasteiger partial charge in [0.1, 0.15) is 11.4 Å². The first-order valence-corrected chi connectivity index (χ1v) is 16.6. The molecule has 3 aromatic rings. The molecule has 228 valence electrons. The van der Waals surface area contributed by atoms with Gasteiger partial charge in [0.05, 0.1) is 33.4 Å². The maximum absolute atomic E-state index is 13.3. The lowest BCUT2D eigenvalue weighted by atomic mass is 9.69. The number of hydrogen-bond donors (Lipinski definition) is 0. The molecule has 0 unspecified atom stereocenters. The highest BCUT2D eigenvalue weighted by Crippen LogP contribution is 2.52. The summed E-state index contributed by atoms with van der Waals surface area (Å²) in [6.07, 6.45) is 8.35. The Kier molecular flexibility index (Phi) is 7.42. The van der Waals surface area contributed by atoms with E-state index in [1.54, 1.807) is 6.07 Å². The molecule has 2 aromatic carbocycles. The van der Waals surface area contributed by atoms with Gasteiger partial charge >= 0.3 is 5.97 Å². The number of hydrogen-bond acceptors (Lipinski definition) is 6. The van der Waals surface area contributed by atoms with Crippen molar-refractivity contribution in [1.29, 1.82) is 0 Å². The summed E-state index contributed by atoms with van der Waals surface area (Å²) in [5.74, 6) is 1.32. The van der Waals surface area contributed by atoms with Gasteiger partial charge in [0.25, 0.3) is 5.56 Å². The van der Waals surface area contributed by atoms with Crippen molar-refractivity contribution in [2.24, 2.45) is 0 Å². The maximum Gasteiger partial charge on any atom is 0.307 e. The number of ether oxygens (including phenoxy) is 1. The second-order valence-electron chi connectivity index (χ2n) is 14.2. The van der Waals surface area contributed by atoms with Crippen LogP contribution in [0, 0.1) is 0 Å². The van der Waals surface area contributed by atoms with Gasteiger partial charge in [-0.25, -0.2) is 0 Å². The van der Waals surface area contributed by atoms with E-state index in [4.69, 9.17) is 21.3 Å². The molecule has 1 aliphatic carbocycles. The SMILES string of the molecule is CC(C)(C)OC(=O)CCN1CC(N2CCC(c3ccc4c(c3)-n3c(nc(=O)c5c(Cl)cccc53)C43CCCCC3)CC2)C1. The summed E-state index contributed by atoms with van der Waals surface area (Å²) in [6.45, 7) is 10.8. The van der Waals surface area contributed by atoms with E-state index in [1.165, 1.54) is 23.2 Å². The Balaban J connectivity index is 1.07. The van der Waals surface area contributed by atoms with Crippen molar-refractivity contribution in [3.05, 3.63) is 68.7 Å². The van der Waals surface area contributed by atoms with Crippen LogP contribution in [0.5, 0.6) is 0 Å². The van der Waals surface area contributed by atoms with Crippen LogP contribution in [0.4, 0.5) is 0 Å². The Labute approximate surface area is 259 Å². The number of halogens is 1. The Bertz CT molecular complexity index is 1610. The zero-order chi connectivity index (χ0) is 29.9. The number of aromatic nitrogens is 2. The van der Waals surface area contributed by atoms with Crippen LogP contribution in [0.15, 0.2) is 41.2 Å². The fourth-order valence-electron chi connectivity index (χ4n) is 8.15. The summed E-state index contributed by atoms with van der Waals surface area (Å²) in [7, 11) is 0. The summed E-state index contributed by atoms with van der Waals surface area (Å²) in [6, 6.07) is 13.5. The minimum absolute atomic E-state index is 0.110.